The van der Waals surface area contributed by atoms with Crippen LogP contribution in [0.4, 0.5) is 0 Å². The predicted molar refractivity (Wildman–Crippen MR) is 83.2 cm³/mol. The van der Waals surface area contributed by atoms with E-state index in [1.807, 2.05) is 12.1 Å². The van der Waals surface area contributed by atoms with Gasteiger partial charge >= 0.3 is 0 Å². The second-order valence-corrected chi connectivity index (χ2v) is 7.75. The number of rotatable bonds is 3. The number of hydrogen-bond acceptors (Lipinski definition) is 1. The Balaban J connectivity index is 2.14. The normalized spacial score (nSPS) is 12.7. The third kappa shape index (κ3) is 3.57. The van der Waals surface area contributed by atoms with Gasteiger partial charge in [0.25, 0.3) is 0 Å². The molecule has 0 aliphatic carbocycles. The van der Waals surface area contributed by atoms with Crippen molar-refractivity contribution in [2.75, 3.05) is 0 Å². The van der Waals surface area contributed by atoms with E-state index < -0.39 is 0 Å². The molecule has 0 saturated heterocycles. The summed E-state index contributed by atoms with van der Waals surface area (Å²) in [7, 11) is 0. The van der Waals surface area contributed by atoms with Crippen LogP contribution in [0.25, 0.3) is 0 Å². The Morgan fingerprint density at radius 3 is 2.65 bits per heavy atom. The van der Waals surface area contributed by atoms with Crippen molar-refractivity contribution < 1.29 is 0 Å². The van der Waals surface area contributed by atoms with Crippen LogP contribution < -0.4 is 0 Å². The van der Waals surface area contributed by atoms with Crippen molar-refractivity contribution in [1.29, 1.82) is 0 Å². The van der Waals surface area contributed by atoms with Crippen molar-refractivity contribution in [2.24, 2.45) is 0 Å². The Morgan fingerprint density at radius 2 is 2.06 bits per heavy atom. The highest BCUT2D eigenvalue weighted by molar-refractivity contribution is 9.11. The fraction of sp³-hybridized carbons (Fsp3) is 0.231. The number of aryl methyl sites for hydroxylation is 1. The van der Waals surface area contributed by atoms with Crippen LogP contribution in [0.1, 0.15) is 21.4 Å². The van der Waals surface area contributed by atoms with Gasteiger partial charge in [-0.05, 0) is 58.6 Å². The molecule has 0 amide bonds. The van der Waals surface area contributed by atoms with Crippen LogP contribution in [0, 0.1) is 6.92 Å². The molecule has 0 N–H and O–H groups in total. The van der Waals surface area contributed by atoms with Crippen LogP contribution in [0.15, 0.2) is 38.6 Å². The lowest BCUT2D eigenvalue weighted by Crippen LogP contribution is -1.93. The third-order valence-corrected chi connectivity index (χ3v) is 5.75. The SMILES string of the molecule is Cc1cc(C(Cl)Cc2cccc(Br)c2)sc1Br. The minimum absolute atomic E-state index is 0.0410. The molecule has 0 bridgehead atoms. The summed E-state index contributed by atoms with van der Waals surface area (Å²) in [5, 5.41) is 0.0410. The highest BCUT2D eigenvalue weighted by atomic mass is 79.9. The van der Waals surface area contributed by atoms with E-state index in [0.29, 0.717) is 0 Å². The first kappa shape index (κ1) is 13.6. The summed E-state index contributed by atoms with van der Waals surface area (Å²) in [5.41, 5.74) is 2.51. The summed E-state index contributed by atoms with van der Waals surface area (Å²) in [6, 6.07) is 10.4. The number of benzene rings is 1. The standard InChI is InChI=1S/C13H11Br2ClS/c1-8-5-12(17-13(8)15)11(16)7-9-3-2-4-10(14)6-9/h2-6,11H,7H2,1H3. The van der Waals surface area contributed by atoms with E-state index in [1.165, 1.54) is 19.8 Å². The zero-order valence-electron chi connectivity index (χ0n) is 9.21. The summed E-state index contributed by atoms with van der Waals surface area (Å²) in [6.45, 7) is 2.09. The van der Waals surface area contributed by atoms with Crippen molar-refractivity contribution in [3.05, 3.63) is 54.6 Å². The first-order valence-electron chi connectivity index (χ1n) is 5.20. The summed E-state index contributed by atoms with van der Waals surface area (Å²) in [5.74, 6) is 0. The van der Waals surface area contributed by atoms with E-state index in [4.69, 9.17) is 11.6 Å². The van der Waals surface area contributed by atoms with Crippen LogP contribution >= 0.6 is 54.8 Å². The van der Waals surface area contributed by atoms with Crippen molar-refractivity contribution in [3.63, 3.8) is 0 Å². The molecule has 1 atom stereocenters. The molecule has 90 valence electrons. The average molecular weight is 395 g/mol. The minimum Gasteiger partial charge on any atom is -0.131 e. The molecule has 0 fully saturated rings. The topological polar surface area (TPSA) is 0 Å². The van der Waals surface area contributed by atoms with E-state index in [1.54, 1.807) is 11.3 Å². The highest BCUT2D eigenvalue weighted by Gasteiger charge is 2.13. The van der Waals surface area contributed by atoms with E-state index >= 15 is 0 Å². The molecule has 0 saturated carbocycles. The molecule has 1 aromatic heterocycles. The smallest absolute Gasteiger partial charge is 0.0731 e. The van der Waals surface area contributed by atoms with Gasteiger partial charge in [-0.3, -0.25) is 0 Å². The van der Waals surface area contributed by atoms with Gasteiger partial charge in [0.15, 0.2) is 0 Å². The quantitative estimate of drug-likeness (QED) is 0.552. The highest BCUT2D eigenvalue weighted by Crippen LogP contribution is 2.36. The van der Waals surface area contributed by atoms with E-state index in [9.17, 15) is 0 Å². The van der Waals surface area contributed by atoms with Crippen molar-refractivity contribution in [3.8, 4) is 0 Å². The molecule has 0 aliphatic heterocycles. The molecule has 1 unspecified atom stereocenters. The monoisotopic (exact) mass is 392 g/mol. The van der Waals surface area contributed by atoms with E-state index in [2.05, 4.69) is 57.0 Å². The maximum atomic E-state index is 6.45. The van der Waals surface area contributed by atoms with Gasteiger partial charge in [0.1, 0.15) is 0 Å². The van der Waals surface area contributed by atoms with E-state index in [0.717, 1.165) is 10.9 Å². The van der Waals surface area contributed by atoms with Crippen LogP contribution in [-0.2, 0) is 6.42 Å². The van der Waals surface area contributed by atoms with Gasteiger partial charge in [0.05, 0.1) is 9.16 Å². The van der Waals surface area contributed by atoms with Crippen LogP contribution in [0.5, 0.6) is 0 Å². The van der Waals surface area contributed by atoms with Gasteiger partial charge in [-0.1, -0.05) is 28.1 Å². The third-order valence-electron chi connectivity index (χ3n) is 2.49. The molecule has 0 nitrogen and oxygen atoms in total. The Kier molecular flexibility index (Phi) is 4.70. The minimum atomic E-state index is 0.0410. The van der Waals surface area contributed by atoms with Crippen molar-refractivity contribution in [2.45, 2.75) is 18.7 Å². The molecule has 2 rings (SSSR count). The summed E-state index contributed by atoms with van der Waals surface area (Å²) >= 11 is 15.2. The summed E-state index contributed by atoms with van der Waals surface area (Å²) in [4.78, 5) is 1.22. The molecule has 4 heteroatoms. The number of hydrogen-bond donors (Lipinski definition) is 0. The molecule has 2 aromatic rings. The van der Waals surface area contributed by atoms with Gasteiger partial charge in [-0.15, -0.1) is 22.9 Å². The maximum absolute atomic E-state index is 6.45. The van der Waals surface area contributed by atoms with Crippen LogP contribution in [0.2, 0.25) is 0 Å². The van der Waals surface area contributed by atoms with E-state index in [-0.39, 0.29) is 5.38 Å². The first-order valence-corrected chi connectivity index (χ1v) is 8.04. The van der Waals surface area contributed by atoms with Crippen LogP contribution in [-0.4, -0.2) is 0 Å². The Morgan fingerprint density at radius 1 is 1.29 bits per heavy atom. The van der Waals surface area contributed by atoms with Crippen LogP contribution in [0.3, 0.4) is 0 Å². The zero-order chi connectivity index (χ0) is 12.4. The Hall–Kier alpha value is 0.170. The fourth-order valence-corrected chi connectivity index (χ4v) is 3.98. The lowest BCUT2D eigenvalue weighted by Gasteiger charge is -2.07. The molecule has 1 aromatic carbocycles. The fourth-order valence-electron chi connectivity index (χ4n) is 1.61. The number of halogens is 3. The van der Waals surface area contributed by atoms with Gasteiger partial charge in [-0.25, -0.2) is 0 Å². The van der Waals surface area contributed by atoms with Crippen molar-refractivity contribution in [1.82, 2.24) is 0 Å². The zero-order valence-corrected chi connectivity index (χ0v) is 14.0. The lowest BCUT2D eigenvalue weighted by atomic mass is 10.1. The average Bonchev–Trinajstić information content (AvgIpc) is 2.59. The molecular formula is C13H11Br2ClS. The first-order chi connectivity index (χ1) is 8.06. The molecule has 0 spiro atoms. The molecule has 0 aliphatic rings. The maximum Gasteiger partial charge on any atom is 0.0731 e. The molecule has 0 radical (unpaired) electrons. The van der Waals surface area contributed by atoms with Gasteiger partial charge < -0.3 is 0 Å². The lowest BCUT2D eigenvalue weighted by molar-refractivity contribution is 0.938. The Labute approximate surface area is 127 Å². The molecule has 17 heavy (non-hydrogen) atoms. The predicted octanol–water partition coefficient (Wildman–Crippen LogP) is 6.10. The second kappa shape index (κ2) is 5.87. The molecular weight excluding hydrogens is 383 g/mol. The number of thiophene rings is 1. The molecule has 1 heterocycles. The summed E-state index contributed by atoms with van der Waals surface area (Å²) < 4.78 is 2.27. The van der Waals surface area contributed by atoms with Crippen molar-refractivity contribution >= 4 is 54.8 Å². The summed E-state index contributed by atoms with van der Waals surface area (Å²) in [6.07, 6.45) is 0.855. The number of alkyl halides is 1. The largest absolute Gasteiger partial charge is 0.131 e. The van der Waals surface area contributed by atoms with Gasteiger partial charge in [0, 0.05) is 9.35 Å². The van der Waals surface area contributed by atoms with Gasteiger partial charge in [0.2, 0.25) is 0 Å². The second-order valence-electron chi connectivity index (χ2n) is 3.91. The van der Waals surface area contributed by atoms with Gasteiger partial charge in [-0.2, -0.15) is 0 Å². The Bertz CT molecular complexity index is 502.